The Balaban J connectivity index is 1.90. The van der Waals surface area contributed by atoms with Gasteiger partial charge in [0.1, 0.15) is 17.1 Å². The summed E-state index contributed by atoms with van der Waals surface area (Å²) in [6.07, 6.45) is 0. The average molecular weight is 403 g/mol. The lowest BCUT2D eigenvalue weighted by atomic mass is 10.1. The van der Waals surface area contributed by atoms with Gasteiger partial charge in [0.2, 0.25) is 10.0 Å². The van der Waals surface area contributed by atoms with Crippen molar-refractivity contribution in [3.63, 3.8) is 0 Å². The molecule has 1 aromatic carbocycles. The van der Waals surface area contributed by atoms with Gasteiger partial charge in [0.05, 0.1) is 11.4 Å². The van der Waals surface area contributed by atoms with Gasteiger partial charge < -0.3 is 4.52 Å². The van der Waals surface area contributed by atoms with Crippen LogP contribution in [0.2, 0.25) is 0 Å². The Hall–Kier alpha value is -2.45. The average Bonchev–Trinajstić information content (AvgIpc) is 3.21. The lowest BCUT2D eigenvalue weighted by Crippen LogP contribution is -2.31. The number of hydrogen-bond donors (Lipinski definition) is 0. The first-order valence-electron chi connectivity index (χ1n) is 9.34. The highest BCUT2D eigenvalue weighted by molar-refractivity contribution is 7.89. The first-order chi connectivity index (χ1) is 13.3. The highest BCUT2D eigenvalue weighted by Gasteiger charge is 2.29. The van der Waals surface area contributed by atoms with Crippen LogP contribution in [0.1, 0.15) is 36.6 Å². The summed E-state index contributed by atoms with van der Waals surface area (Å²) >= 11 is 0. The summed E-state index contributed by atoms with van der Waals surface area (Å²) in [7, 11) is -3.57. The number of sulfonamides is 1. The Morgan fingerprint density at radius 2 is 1.71 bits per heavy atom. The molecule has 28 heavy (non-hydrogen) atoms. The van der Waals surface area contributed by atoms with Gasteiger partial charge in [0.25, 0.3) is 0 Å². The second-order valence-corrected chi connectivity index (χ2v) is 8.67. The van der Waals surface area contributed by atoms with Crippen LogP contribution in [0.4, 0.5) is 0 Å². The van der Waals surface area contributed by atoms with E-state index in [4.69, 9.17) is 4.52 Å². The van der Waals surface area contributed by atoms with Crippen LogP contribution in [0.5, 0.6) is 0 Å². The van der Waals surface area contributed by atoms with E-state index in [0.717, 1.165) is 11.3 Å². The van der Waals surface area contributed by atoms with Gasteiger partial charge in [-0.25, -0.2) is 8.42 Å². The number of rotatable bonds is 7. The topological polar surface area (TPSA) is 81.2 Å². The second kappa shape index (κ2) is 7.89. The Morgan fingerprint density at radius 3 is 2.32 bits per heavy atom. The van der Waals surface area contributed by atoms with Crippen molar-refractivity contribution in [2.75, 3.05) is 13.1 Å². The summed E-state index contributed by atoms with van der Waals surface area (Å²) < 4.78 is 34.5. The van der Waals surface area contributed by atoms with E-state index >= 15 is 0 Å². The Morgan fingerprint density at radius 1 is 1.07 bits per heavy atom. The molecule has 2 heterocycles. The predicted molar refractivity (Wildman–Crippen MR) is 108 cm³/mol. The van der Waals surface area contributed by atoms with Gasteiger partial charge in [-0.2, -0.15) is 9.40 Å². The van der Waals surface area contributed by atoms with E-state index in [0.29, 0.717) is 36.8 Å². The van der Waals surface area contributed by atoms with Gasteiger partial charge in [0, 0.05) is 24.7 Å². The van der Waals surface area contributed by atoms with E-state index in [1.165, 1.54) is 9.87 Å². The van der Waals surface area contributed by atoms with Crippen molar-refractivity contribution in [3.05, 3.63) is 53.0 Å². The van der Waals surface area contributed by atoms with E-state index in [1.807, 2.05) is 51.1 Å². The van der Waals surface area contributed by atoms with Crippen LogP contribution in [-0.2, 0) is 16.6 Å². The number of aryl methyl sites for hydroxylation is 2. The maximum Gasteiger partial charge on any atom is 0.246 e. The fourth-order valence-corrected chi connectivity index (χ4v) is 5.13. The zero-order chi connectivity index (χ0) is 20.5. The molecule has 8 heteroatoms. The monoisotopic (exact) mass is 402 g/mol. The molecule has 150 valence electrons. The summed E-state index contributed by atoms with van der Waals surface area (Å²) in [5.74, 6) is 0.618. The summed E-state index contributed by atoms with van der Waals surface area (Å²) in [5, 5.41) is 8.57. The summed E-state index contributed by atoms with van der Waals surface area (Å²) in [6, 6.07) is 9.90. The van der Waals surface area contributed by atoms with E-state index in [9.17, 15) is 8.42 Å². The van der Waals surface area contributed by atoms with Crippen LogP contribution in [0, 0.1) is 20.8 Å². The van der Waals surface area contributed by atoms with E-state index < -0.39 is 10.0 Å². The van der Waals surface area contributed by atoms with E-state index in [1.54, 1.807) is 18.5 Å². The van der Waals surface area contributed by atoms with E-state index in [2.05, 4.69) is 10.3 Å². The van der Waals surface area contributed by atoms with Crippen molar-refractivity contribution in [2.24, 2.45) is 0 Å². The Kier molecular flexibility index (Phi) is 5.71. The molecule has 3 rings (SSSR count). The molecule has 0 aliphatic heterocycles. The second-order valence-electron chi connectivity index (χ2n) is 6.79. The third kappa shape index (κ3) is 3.74. The van der Waals surface area contributed by atoms with Gasteiger partial charge in [-0.05, 0) is 20.8 Å². The van der Waals surface area contributed by atoms with Crippen LogP contribution >= 0.6 is 0 Å². The molecular formula is C20H26N4O3S. The van der Waals surface area contributed by atoms with Crippen molar-refractivity contribution in [1.29, 1.82) is 0 Å². The molecule has 7 nitrogen and oxygen atoms in total. The normalized spacial score (nSPS) is 12.1. The van der Waals surface area contributed by atoms with Crippen LogP contribution < -0.4 is 0 Å². The highest BCUT2D eigenvalue weighted by atomic mass is 32.2. The highest BCUT2D eigenvalue weighted by Crippen LogP contribution is 2.25. The molecule has 3 aromatic rings. The molecule has 2 aromatic heterocycles. The molecular weight excluding hydrogens is 376 g/mol. The minimum Gasteiger partial charge on any atom is -0.359 e. The van der Waals surface area contributed by atoms with Crippen molar-refractivity contribution >= 4 is 10.0 Å². The molecule has 0 N–H and O–H groups in total. The summed E-state index contributed by atoms with van der Waals surface area (Å²) in [6.45, 7) is 10.3. The van der Waals surface area contributed by atoms with Crippen molar-refractivity contribution in [3.8, 4) is 11.3 Å². The van der Waals surface area contributed by atoms with Crippen LogP contribution in [0.3, 0.4) is 0 Å². The first-order valence-corrected chi connectivity index (χ1v) is 10.8. The SMILES string of the molecule is CCN(CC)S(=O)(=O)c1c(C)nn(Cc2cc(-c3ccc(C)cc3)no2)c1C. The smallest absolute Gasteiger partial charge is 0.246 e. The number of hydrogen-bond acceptors (Lipinski definition) is 5. The van der Waals surface area contributed by atoms with Crippen LogP contribution in [0.25, 0.3) is 11.3 Å². The molecule has 0 saturated heterocycles. The molecule has 0 fully saturated rings. The molecule has 0 aliphatic carbocycles. The molecule has 0 aliphatic rings. The Labute approximate surface area is 166 Å². The largest absolute Gasteiger partial charge is 0.359 e. The maximum atomic E-state index is 13.0. The van der Waals surface area contributed by atoms with Gasteiger partial charge >= 0.3 is 0 Å². The zero-order valence-corrected chi connectivity index (χ0v) is 17.7. The van der Waals surface area contributed by atoms with Crippen molar-refractivity contribution in [2.45, 2.75) is 46.1 Å². The molecule has 0 unspecified atom stereocenters. The van der Waals surface area contributed by atoms with Crippen LogP contribution in [0.15, 0.2) is 39.8 Å². The Bertz CT molecular complexity index is 1060. The number of aromatic nitrogens is 3. The standard InChI is InChI=1S/C20H26N4O3S/c1-6-23(7-2)28(25,26)20-15(4)21-24(16(20)5)13-18-12-19(22-27-18)17-10-8-14(3)9-11-17/h8-12H,6-7,13H2,1-5H3. The summed E-state index contributed by atoms with van der Waals surface area (Å²) in [5.41, 5.74) is 3.98. The van der Waals surface area contributed by atoms with E-state index in [-0.39, 0.29) is 4.90 Å². The minimum absolute atomic E-state index is 0.273. The third-order valence-electron chi connectivity index (χ3n) is 4.83. The fraction of sp³-hybridized carbons (Fsp3) is 0.400. The molecule has 0 bridgehead atoms. The summed E-state index contributed by atoms with van der Waals surface area (Å²) in [4.78, 5) is 0.273. The van der Waals surface area contributed by atoms with Gasteiger partial charge in [-0.3, -0.25) is 4.68 Å². The van der Waals surface area contributed by atoms with Gasteiger partial charge in [0.15, 0.2) is 5.76 Å². The maximum absolute atomic E-state index is 13.0. The quantitative estimate of drug-likeness (QED) is 0.604. The fourth-order valence-electron chi connectivity index (χ4n) is 3.30. The number of nitrogens with zero attached hydrogens (tertiary/aromatic N) is 4. The van der Waals surface area contributed by atoms with Gasteiger partial charge in [-0.15, -0.1) is 0 Å². The molecule has 0 saturated carbocycles. The minimum atomic E-state index is -3.57. The number of benzene rings is 1. The lowest BCUT2D eigenvalue weighted by molar-refractivity contribution is 0.371. The molecule has 0 spiro atoms. The molecule has 0 atom stereocenters. The molecule has 0 radical (unpaired) electrons. The van der Waals surface area contributed by atoms with Crippen LogP contribution in [-0.4, -0.2) is 40.7 Å². The molecule has 0 amide bonds. The lowest BCUT2D eigenvalue weighted by Gasteiger charge is -2.18. The van der Waals surface area contributed by atoms with Crippen molar-refractivity contribution < 1.29 is 12.9 Å². The van der Waals surface area contributed by atoms with Crippen molar-refractivity contribution in [1.82, 2.24) is 19.2 Å². The predicted octanol–water partition coefficient (Wildman–Crippen LogP) is 3.54. The van der Waals surface area contributed by atoms with Gasteiger partial charge in [-0.1, -0.05) is 48.8 Å². The third-order valence-corrected chi connectivity index (χ3v) is 7.13. The first kappa shape index (κ1) is 20.3. The zero-order valence-electron chi connectivity index (χ0n) is 16.9.